The Hall–Kier alpha value is -2.08. The molecule has 2 heterocycles. The van der Waals surface area contributed by atoms with Gasteiger partial charge in [0, 0.05) is 13.1 Å². The summed E-state index contributed by atoms with van der Waals surface area (Å²) in [7, 11) is 0. The van der Waals surface area contributed by atoms with Crippen LogP contribution in [-0.2, 0) is 6.61 Å². The first-order chi connectivity index (χ1) is 12.1. The molecule has 0 unspecified atom stereocenters. The van der Waals surface area contributed by atoms with Crippen LogP contribution in [0.1, 0.15) is 42.6 Å². The van der Waals surface area contributed by atoms with E-state index in [1.807, 2.05) is 4.90 Å². The molecule has 25 heavy (non-hydrogen) atoms. The van der Waals surface area contributed by atoms with E-state index in [0.717, 1.165) is 32.4 Å². The Labute approximate surface area is 150 Å². The Balaban J connectivity index is 1.58. The van der Waals surface area contributed by atoms with Crippen LogP contribution in [0.4, 0.5) is 4.39 Å². The molecular formula is C18H20ClFN2O3. The first-order valence-corrected chi connectivity index (χ1v) is 8.76. The van der Waals surface area contributed by atoms with Crippen molar-refractivity contribution in [3.05, 3.63) is 46.9 Å². The zero-order valence-corrected chi connectivity index (χ0v) is 14.8. The van der Waals surface area contributed by atoms with Crippen LogP contribution in [0.15, 0.2) is 28.9 Å². The summed E-state index contributed by atoms with van der Waals surface area (Å²) < 4.78 is 23.8. The van der Waals surface area contributed by atoms with E-state index in [-0.39, 0.29) is 29.1 Å². The van der Waals surface area contributed by atoms with Gasteiger partial charge in [0.25, 0.3) is 5.91 Å². The Bertz CT molecular complexity index is 750. The van der Waals surface area contributed by atoms with Gasteiger partial charge in [-0.3, -0.25) is 4.79 Å². The minimum Gasteiger partial charge on any atom is -0.482 e. The maximum atomic E-state index is 13.0. The number of amides is 1. The van der Waals surface area contributed by atoms with Gasteiger partial charge in [0.05, 0.1) is 5.02 Å². The molecule has 0 saturated carbocycles. The molecule has 3 rings (SSSR count). The predicted molar refractivity (Wildman–Crippen MR) is 91.2 cm³/mol. The van der Waals surface area contributed by atoms with Crippen molar-refractivity contribution in [3.63, 3.8) is 0 Å². The molecule has 1 fully saturated rings. The van der Waals surface area contributed by atoms with Gasteiger partial charge < -0.3 is 14.1 Å². The predicted octanol–water partition coefficient (Wildman–Crippen LogP) is 4.31. The van der Waals surface area contributed by atoms with Gasteiger partial charge in [-0.1, -0.05) is 24.9 Å². The minimum atomic E-state index is -0.437. The lowest BCUT2D eigenvalue weighted by atomic mass is 10.0. The number of benzene rings is 1. The lowest BCUT2D eigenvalue weighted by Crippen LogP contribution is -2.29. The summed E-state index contributed by atoms with van der Waals surface area (Å²) >= 11 is 5.90. The number of likely N-dealkylation sites (tertiary alicyclic amines) is 1. The van der Waals surface area contributed by atoms with Crippen molar-refractivity contribution < 1.29 is 18.3 Å². The molecule has 1 aliphatic rings. The van der Waals surface area contributed by atoms with Crippen LogP contribution in [-0.4, -0.2) is 28.9 Å². The summed E-state index contributed by atoms with van der Waals surface area (Å²) in [6.07, 6.45) is 4.65. The minimum absolute atomic E-state index is 0.0110. The first-order valence-electron chi connectivity index (χ1n) is 8.38. The van der Waals surface area contributed by atoms with Crippen LogP contribution in [0.2, 0.25) is 5.02 Å². The van der Waals surface area contributed by atoms with Gasteiger partial charge >= 0.3 is 0 Å². The monoisotopic (exact) mass is 366 g/mol. The number of nitrogens with zero attached hydrogens (tertiary/aromatic N) is 2. The average Bonchev–Trinajstić information content (AvgIpc) is 3.23. The first kappa shape index (κ1) is 17.7. The fourth-order valence-electron chi connectivity index (χ4n) is 3.03. The summed E-state index contributed by atoms with van der Waals surface area (Å²) in [5.41, 5.74) is 0.279. The standard InChI is InChI=1S/C18H20ClFN2O3/c1-2-3-12-6-7-22(9-12)18(23)15-10-25-17(21-15)11-24-16-5-4-13(20)8-14(16)19/h4-5,8,10,12H,2-3,6-7,9,11H2,1H3/t12-/m0/s1. The van der Waals surface area contributed by atoms with E-state index in [1.165, 1.54) is 24.5 Å². The number of ether oxygens (including phenoxy) is 1. The molecule has 1 amide bonds. The third kappa shape index (κ3) is 4.31. The normalized spacial score (nSPS) is 17.1. The van der Waals surface area contributed by atoms with Crippen molar-refractivity contribution in [1.29, 1.82) is 0 Å². The number of hydrogen-bond acceptors (Lipinski definition) is 4. The molecule has 1 aromatic carbocycles. The Kier molecular flexibility index (Phi) is 5.58. The molecule has 0 aliphatic carbocycles. The van der Waals surface area contributed by atoms with Crippen molar-refractivity contribution >= 4 is 17.5 Å². The molecule has 1 aliphatic heterocycles. The molecule has 1 saturated heterocycles. The maximum Gasteiger partial charge on any atom is 0.275 e. The third-order valence-corrected chi connectivity index (χ3v) is 4.58. The summed E-state index contributed by atoms with van der Waals surface area (Å²) in [5, 5.41) is 0.168. The van der Waals surface area contributed by atoms with Crippen molar-refractivity contribution in [2.45, 2.75) is 32.8 Å². The van der Waals surface area contributed by atoms with Gasteiger partial charge in [-0.05, 0) is 37.0 Å². The van der Waals surface area contributed by atoms with Crippen LogP contribution < -0.4 is 4.74 Å². The maximum absolute atomic E-state index is 13.0. The van der Waals surface area contributed by atoms with E-state index in [0.29, 0.717) is 11.7 Å². The van der Waals surface area contributed by atoms with Crippen LogP contribution in [0.25, 0.3) is 0 Å². The van der Waals surface area contributed by atoms with Crippen molar-refractivity contribution in [2.24, 2.45) is 5.92 Å². The molecule has 134 valence electrons. The number of hydrogen-bond donors (Lipinski definition) is 0. The lowest BCUT2D eigenvalue weighted by molar-refractivity contribution is 0.0780. The zero-order valence-electron chi connectivity index (χ0n) is 14.0. The van der Waals surface area contributed by atoms with Crippen LogP contribution in [0.5, 0.6) is 5.75 Å². The van der Waals surface area contributed by atoms with Crippen molar-refractivity contribution in [3.8, 4) is 5.75 Å². The van der Waals surface area contributed by atoms with E-state index < -0.39 is 5.82 Å². The Morgan fingerprint density at radius 1 is 1.52 bits per heavy atom. The van der Waals surface area contributed by atoms with Crippen LogP contribution in [0.3, 0.4) is 0 Å². The SMILES string of the molecule is CCC[C@H]1CCN(C(=O)c2coc(COc3ccc(F)cc3Cl)n2)C1. The number of carbonyl (C=O) groups is 1. The molecule has 1 atom stereocenters. The van der Waals surface area contributed by atoms with Gasteiger partial charge in [0.2, 0.25) is 5.89 Å². The summed E-state index contributed by atoms with van der Waals surface area (Å²) in [5.74, 6) is 0.621. The van der Waals surface area contributed by atoms with Gasteiger partial charge in [-0.15, -0.1) is 0 Å². The molecule has 5 nitrogen and oxygen atoms in total. The fraction of sp³-hybridized carbons (Fsp3) is 0.444. The Morgan fingerprint density at radius 3 is 3.12 bits per heavy atom. The van der Waals surface area contributed by atoms with Crippen LogP contribution >= 0.6 is 11.6 Å². The molecule has 7 heteroatoms. The molecule has 0 spiro atoms. The van der Waals surface area contributed by atoms with E-state index in [9.17, 15) is 9.18 Å². The summed E-state index contributed by atoms with van der Waals surface area (Å²) in [6, 6.07) is 3.86. The van der Waals surface area contributed by atoms with E-state index >= 15 is 0 Å². The smallest absolute Gasteiger partial charge is 0.275 e. The second-order valence-electron chi connectivity index (χ2n) is 6.18. The number of rotatable bonds is 6. The number of halogens is 2. The molecule has 1 aromatic heterocycles. The van der Waals surface area contributed by atoms with Gasteiger partial charge in [-0.2, -0.15) is 0 Å². The molecule has 0 bridgehead atoms. The second kappa shape index (κ2) is 7.87. The highest BCUT2D eigenvalue weighted by molar-refractivity contribution is 6.32. The topological polar surface area (TPSA) is 55.6 Å². The zero-order chi connectivity index (χ0) is 17.8. The summed E-state index contributed by atoms with van der Waals surface area (Å²) in [4.78, 5) is 18.5. The molecule has 0 radical (unpaired) electrons. The fourth-order valence-corrected chi connectivity index (χ4v) is 3.25. The highest BCUT2D eigenvalue weighted by Gasteiger charge is 2.28. The average molecular weight is 367 g/mol. The lowest BCUT2D eigenvalue weighted by Gasteiger charge is -2.14. The van der Waals surface area contributed by atoms with Gasteiger partial charge in [-0.25, -0.2) is 9.37 Å². The highest BCUT2D eigenvalue weighted by atomic mass is 35.5. The van der Waals surface area contributed by atoms with Crippen molar-refractivity contribution in [2.75, 3.05) is 13.1 Å². The second-order valence-corrected chi connectivity index (χ2v) is 6.59. The quantitative estimate of drug-likeness (QED) is 0.764. The molecule has 2 aromatic rings. The number of oxazole rings is 1. The molecule has 0 N–H and O–H groups in total. The van der Waals surface area contributed by atoms with Crippen LogP contribution in [0, 0.1) is 11.7 Å². The van der Waals surface area contributed by atoms with Crippen molar-refractivity contribution in [1.82, 2.24) is 9.88 Å². The highest BCUT2D eigenvalue weighted by Crippen LogP contribution is 2.26. The number of aromatic nitrogens is 1. The summed E-state index contributed by atoms with van der Waals surface area (Å²) in [6.45, 7) is 3.70. The number of carbonyl (C=O) groups excluding carboxylic acids is 1. The molecular weight excluding hydrogens is 347 g/mol. The van der Waals surface area contributed by atoms with Gasteiger partial charge in [0.15, 0.2) is 12.3 Å². The largest absolute Gasteiger partial charge is 0.482 e. The van der Waals surface area contributed by atoms with Gasteiger partial charge in [0.1, 0.15) is 17.8 Å². The third-order valence-electron chi connectivity index (χ3n) is 4.29. The van der Waals surface area contributed by atoms with E-state index in [4.69, 9.17) is 20.8 Å². The Morgan fingerprint density at radius 2 is 2.36 bits per heavy atom. The van der Waals surface area contributed by atoms with E-state index in [1.54, 1.807) is 0 Å². The van der Waals surface area contributed by atoms with E-state index in [2.05, 4.69) is 11.9 Å².